The van der Waals surface area contributed by atoms with Crippen molar-refractivity contribution in [1.29, 1.82) is 0 Å². The van der Waals surface area contributed by atoms with E-state index in [9.17, 15) is 0 Å². The summed E-state index contributed by atoms with van der Waals surface area (Å²) in [6.45, 7) is 4.32. The molecule has 0 aliphatic rings. The Morgan fingerprint density at radius 2 is 0.929 bits per heavy atom. The number of rotatable bonds is 3. The molecule has 0 bridgehead atoms. The lowest BCUT2D eigenvalue weighted by Gasteiger charge is -2.16. The van der Waals surface area contributed by atoms with Crippen LogP contribution in [0.3, 0.4) is 0 Å². The van der Waals surface area contributed by atoms with Gasteiger partial charge in [0.05, 0.1) is 17.1 Å². The molecule has 11 rings (SSSR count). The first-order valence-electron chi connectivity index (χ1n) is 19.4. The second-order valence-corrected chi connectivity index (χ2v) is 14.9. The van der Waals surface area contributed by atoms with E-state index in [1.54, 1.807) is 0 Å². The fraction of sp³-hybridized carbons (Fsp3) is 0.0566. The molecule has 10 aromatic carbocycles. The van der Waals surface area contributed by atoms with E-state index in [-0.39, 0.29) is 6.04 Å². The second-order valence-electron chi connectivity index (χ2n) is 14.9. The molecule has 1 unspecified atom stereocenters. The van der Waals surface area contributed by atoms with Crippen molar-refractivity contribution in [3.05, 3.63) is 193 Å². The van der Waals surface area contributed by atoms with Crippen LogP contribution in [0.15, 0.2) is 192 Å². The molecule has 0 amide bonds. The van der Waals surface area contributed by atoms with E-state index in [4.69, 9.17) is 9.98 Å². The maximum absolute atomic E-state index is 5.50. The number of aromatic nitrogens is 1. The van der Waals surface area contributed by atoms with Gasteiger partial charge in [-0.15, -0.1) is 0 Å². The van der Waals surface area contributed by atoms with Crippen LogP contribution in [-0.4, -0.2) is 16.2 Å². The lowest BCUT2D eigenvalue weighted by Crippen LogP contribution is -2.12. The Kier molecular flexibility index (Phi) is 7.36. The van der Waals surface area contributed by atoms with Crippen LogP contribution in [0.2, 0.25) is 0 Å². The van der Waals surface area contributed by atoms with Crippen molar-refractivity contribution >= 4 is 98.1 Å². The van der Waals surface area contributed by atoms with Gasteiger partial charge in [-0.25, -0.2) is 4.99 Å². The number of benzene rings is 10. The van der Waals surface area contributed by atoms with Crippen molar-refractivity contribution in [3.63, 3.8) is 0 Å². The van der Waals surface area contributed by atoms with Crippen LogP contribution in [0.25, 0.3) is 86.4 Å². The van der Waals surface area contributed by atoms with Gasteiger partial charge in [0.15, 0.2) is 5.84 Å². The summed E-state index contributed by atoms with van der Waals surface area (Å²) < 4.78 is 2.36. The highest BCUT2D eigenvalue weighted by molar-refractivity contribution is 6.38. The van der Waals surface area contributed by atoms with E-state index in [0.29, 0.717) is 5.84 Å². The van der Waals surface area contributed by atoms with Gasteiger partial charge in [0, 0.05) is 21.7 Å². The molecule has 264 valence electrons. The molecule has 56 heavy (non-hydrogen) atoms. The molecule has 0 spiro atoms. The van der Waals surface area contributed by atoms with Crippen molar-refractivity contribution in [3.8, 4) is 0 Å². The molecule has 1 atom stereocenters. The second kappa shape index (κ2) is 12.8. The number of aliphatic imine (C=N–C) groups is 2. The van der Waals surface area contributed by atoms with Gasteiger partial charge in [0.1, 0.15) is 5.84 Å². The first kappa shape index (κ1) is 32.3. The molecule has 0 aliphatic carbocycles. The highest BCUT2D eigenvalue weighted by Crippen LogP contribution is 2.44. The molecule has 0 fully saturated rings. The van der Waals surface area contributed by atoms with Gasteiger partial charge in [-0.1, -0.05) is 164 Å². The Balaban J connectivity index is 1.20. The first-order chi connectivity index (χ1) is 27.6. The number of hydrogen-bond acceptors (Lipinski definition) is 1. The summed E-state index contributed by atoms with van der Waals surface area (Å²) in [4.78, 5) is 11.0. The van der Waals surface area contributed by atoms with E-state index in [2.05, 4.69) is 200 Å². The molecule has 11 aromatic rings. The van der Waals surface area contributed by atoms with Crippen LogP contribution < -0.4 is 0 Å². The highest BCUT2D eigenvalue weighted by Gasteiger charge is 2.21. The quantitative estimate of drug-likeness (QED) is 0.0990. The molecule has 1 aromatic heterocycles. The van der Waals surface area contributed by atoms with Gasteiger partial charge in [-0.3, -0.25) is 9.56 Å². The van der Waals surface area contributed by atoms with Gasteiger partial charge < -0.3 is 0 Å². The third-order valence-electron chi connectivity index (χ3n) is 11.7. The molecule has 0 aliphatic heterocycles. The lowest BCUT2D eigenvalue weighted by molar-refractivity contribution is 0.828. The number of hydrogen-bond donors (Lipinski definition) is 0. The highest BCUT2D eigenvalue weighted by atomic mass is 15.1. The fourth-order valence-electron chi connectivity index (χ4n) is 9.25. The predicted octanol–water partition coefficient (Wildman–Crippen LogP) is 14.2. The largest absolute Gasteiger partial charge is 0.297 e. The Labute approximate surface area is 324 Å². The first-order valence-corrected chi connectivity index (χ1v) is 19.4. The van der Waals surface area contributed by atoms with Crippen LogP contribution >= 0.6 is 0 Å². The van der Waals surface area contributed by atoms with Gasteiger partial charge in [-0.2, -0.15) is 0 Å². The summed E-state index contributed by atoms with van der Waals surface area (Å²) in [5.41, 5.74) is 4.43. The maximum atomic E-state index is 5.50. The Hall–Kier alpha value is -7.10. The van der Waals surface area contributed by atoms with Crippen LogP contribution in [-0.2, 0) is 0 Å². The minimum absolute atomic E-state index is 0.151. The SMILES string of the molecule is CC(=NC(=NC(C)c1cc2ccccc2c2ccccc12)c1ccccc1)n1c2ccc3ccccc3c2c2c3c4ccccc4c4ccccc4c3ccc21. The predicted molar refractivity (Wildman–Crippen MR) is 241 cm³/mol. The fourth-order valence-corrected chi connectivity index (χ4v) is 9.25. The summed E-state index contributed by atoms with van der Waals surface area (Å²) >= 11 is 0. The average Bonchev–Trinajstić information content (AvgIpc) is 3.61. The van der Waals surface area contributed by atoms with Crippen molar-refractivity contribution in [2.45, 2.75) is 19.9 Å². The zero-order valence-corrected chi connectivity index (χ0v) is 31.2. The van der Waals surface area contributed by atoms with Crippen molar-refractivity contribution in [2.75, 3.05) is 0 Å². The van der Waals surface area contributed by atoms with Crippen LogP contribution in [0.1, 0.15) is 31.0 Å². The molecular weight excluding hydrogens is 679 g/mol. The van der Waals surface area contributed by atoms with E-state index < -0.39 is 0 Å². The zero-order chi connectivity index (χ0) is 37.3. The molecule has 3 heteroatoms. The zero-order valence-electron chi connectivity index (χ0n) is 31.2. The number of amidine groups is 1. The molecule has 0 N–H and O–H groups in total. The molecule has 0 radical (unpaired) electrons. The topological polar surface area (TPSA) is 29.6 Å². The van der Waals surface area contributed by atoms with Gasteiger partial charge in [0.25, 0.3) is 0 Å². The smallest absolute Gasteiger partial charge is 0.157 e. The van der Waals surface area contributed by atoms with Crippen molar-refractivity contribution in [1.82, 2.24) is 4.57 Å². The van der Waals surface area contributed by atoms with E-state index in [1.165, 1.54) is 81.0 Å². The van der Waals surface area contributed by atoms with Crippen LogP contribution in [0.5, 0.6) is 0 Å². The minimum atomic E-state index is -0.151. The molecule has 0 saturated heterocycles. The third kappa shape index (κ3) is 4.91. The van der Waals surface area contributed by atoms with E-state index >= 15 is 0 Å². The Morgan fingerprint density at radius 3 is 1.64 bits per heavy atom. The summed E-state index contributed by atoms with van der Waals surface area (Å²) in [6, 6.07) is 65.5. The Morgan fingerprint density at radius 1 is 0.429 bits per heavy atom. The lowest BCUT2D eigenvalue weighted by atomic mass is 9.91. The van der Waals surface area contributed by atoms with E-state index in [1.807, 2.05) is 0 Å². The van der Waals surface area contributed by atoms with Crippen molar-refractivity contribution < 1.29 is 0 Å². The molecule has 3 nitrogen and oxygen atoms in total. The van der Waals surface area contributed by atoms with Crippen LogP contribution in [0, 0.1) is 0 Å². The third-order valence-corrected chi connectivity index (χ3v) is 11.7. The summed E-state index contributed by atoms with van der Waals surface area (Å²) in [5, 5.41) is 17.5. The minimum Gasteiger partial charge on any atom is -0.297 e. The summed E-state index contributed by atoms with van der Waals surface area (Å²) in [6.07, 6.45) is 0. The van der Waals surface area contributed by atoms with E-state index in [0.717, 1.165) is 22.4 Å². The summed E-state index contributed by atoms with van der Waals surface area (Å²) in [7, 11) is 0. The average molecular weight is 716 g/mol. The monoisotopic (exact) mass is 715 g/mol. The van der Waals surface area contributed by atoms with Crippen molar-refractivity contribution in [2.24, 2.45) is 9.98 Å². The van der Waals surface area contributed by atoms with Gasteiger partial charge in [0.2, 0.25) is 0 Å². The van der Waals surface area contributed by atoms with Gasteiger partial charge in [-0.05, 0) is 96.9 Å². The number of fused-ring (bicyclic) bond motifs is 15. The normalized spacial score (nSPS) is 13.3. The van der Waals surface area contributed by atoms with Crippen LogP contribution in [0.4, 0.5) is 0 Å². The van der Waals surface area contributed by atoms with Gasteiger partial charge >= 0.3 is 0 Å². The standard InChI is InChI=1S/C53H37N3/c1-33(47-32-37-19-7-8-20-38(37)40-22-10-13-26-44(40)47)54-53(36-17-4-3-5-18-36)55-34(2)56-48-30-28-35-16-6-9-21-39(35)51(48)52-49(56)31-29-46-43-25-12-11-23-41(43)42-24-14-15-27-45(42)50(46)52/h3-33H,1-2H3. The molecule has 0 saturated carbocycles. The number of nitrogens with zero attached hydrogens (tertiary/aromatic N) is 3. The molecule has 1 heterocycles. The maximum Gasteiger partial charge on any atom is 0.157 e. The molecular formula is C53H37N3. The summed E-state index contributed by atoms with van der Waals surface area (Å²) in [5.74, 6) is 1.57. The Bertz CT molecular complexity index is 3410.